The number of carbonyl (C=O) groups excluding carboxylic acids is 1. The number of carbonyl (C=O) groups is 2. The minimum atomic E-state index is -0.800. The fourth-order valence-corrected chi connectivity index (χ4v) is 3.26. The highest BCUT2D eigenvalue weighted by Gasteiger charge is 2.46. The number of carboxylic acids is 1. The molecule has 130 valence electrons. The predicted octanol–water partition coefficient (Wildman–Crippen LogP) is 3.49. The Hall–Kier alpha value is -2.68. The number of benzene rings is 1. The maximum Gasteiger partial charge on any atom is 0.314 e. The van der Waals surface area contributed by atoms with E-state index in [0.29, 0.717) is 44.2 Å². The number of carboxylic acid groups (broad SMARTS) is 1. The standard InChI is InChI=1S/C19H21N3O3/c1-2-3-11-19(21-22-19)12-8-16(23)20-15-7-4-6-14(13-15)18(17(24)25)9-5-10-18/h1,4,6-7,13H,3,5,8-12H2,(H,20,23)(H,24,25). The normalized spacial score (nSPS) is 18.7. The summed E-state index contributed by atoms with van der Waals surface area (Å²) in [4.78, 5) is 23.8. The van der Waals surface area contributed by atoms with Gasteiger partial charge in [-0.3, -0.25) is 9.59 Å². The third kappa shape index (κ3) is 3.55. The Balaban J connectivity index is 1.58. The summed E-state index contributed by atoms with van der Waals surface area (Å²) in [5.41, 5.74) is 0.107. The van der Waals surface area contributed by atoms with Crippen LogP contribution in [0.3, 0.4) is 0 Å². The van der Waals surface area contributed by atoms with Crippen LogP contribution in [0.25, 0.3) is 0 Å². The van der Waals surface area contributed by atoms with Gasteiger partial charge in [-0.05, 0) is 30.5 Å². The summed E-state index contributed by atoms with van der Waals surface area (Å²) in [5, 5.41) is 20.4. The highest BCUT2D eigenvalue weighted by molar-refractivity contribution is 5.91. The van der Waals surface area contributed by atoms with Crippen molar-refractivity contribution in [2.45, 2.75) is 56.0 Å². The SMILES string of the molecule is C#CCCC1(CCC(=O)Nc2cccc(C3(C(=O)O)CCC3)c2)N=N1. The Labute approximate surface area is 146 Å². The monoisotopic (exact) mass is 339 g/mol. The van der Waals surface area contributed by atoms with Gasteiger partial charge in [-0.15, -0.1) is 12.3 Å². The molecule has 0 aromatic heterocycles. The minimum Gasteiger partial charge on any atom is -0.481 e. The van der Waals surface area contributed by atoms with Gasteiger partial charge in [0.15, 0.2) is 5.66 Å². The summed E-state index contributed by atoms with van der Waals surface area (Å²) in [6, 6.07) is 7.15. The van der Waals surface area contributed by atoms with E-state index in [4.69, 9.17) is 6.42 Å². The van der Waals surface area contributed by atoms with Gasteiger partial charge >= 0.3 is 5.97 Å². The van der Waals surface area contributed by atoms with Crippen LogP contribution in [-0.4, -0.2) is 22.6 Å². The summed E-state index contributed by atoms with van der Waals surface area (Å²) in [5.74, 6) is 1.63. The van der Waals surface area contributed by atoms with Gasteiger partial charge in [0.1, 0.15) is 0 Å². The molecule has 1 fully saturated rings. The summed E-state index contributed by atoms with van der Waals surface area (Å²) < 4.78 is 0. The van der Waals surface area contributed by atoms with Crippen LogP contribution in [0.15, 0.2) is 34.5 Å². The van der Waals surface area contributed by atoms with Gasteiger partial charge in [-0.1, -0.05) is 18.6 Å². The number of amides is 1. The van der Waals surface area contributed by atoms with Gasteiger partial charge in [-0.25, -0.2) is 0 Å². The lowest BCUT2D eigenvalue weighted by atomic mass is 9.64. The Bertz CT molecular complexity index is 753. The second kappa shape index (κ2) is 6.67. The number of terminal acetylenes is 1. The van der Waals surface area contributed by atoms with Gasteiger partial charge in [-0.2, -0.15) is 10.2 Å². The number of hydrogen-bond acceptors (Lipinski definition) is 4. The van der Waals surface area contributed by atoms with E-state index < -0.39 is 17.0 Å². The molecule has 0 radical (unpaired) electrons. The number of nitrogens with zero attached hydrogens (tertiary/aromatic N) is 2. The molecule has 1 aliphatic carbocycles. The number of anilines is 1. The fraction of sp³-hybridized carbons (Fsp3) is 0.474. The molecule has 25 heavy (non-hydrogen) atoms. The first-order valence-electron chi connectivity index (χ1n) is 8.51. The van der Waals surface area contributed by atoms with Gasteiger partial charge in [0, 0.05) is 31.4 Å². The van der Waals surface area contributed by atoms with Gasteiger partial charge < -0.3 is 10.4 Å². The van der Waals surface area contributed by atoms with E-state index in [9.17, 15) is 14.7 Å². The first-order valence-corrected chi connectivity index (χ1v) is 8.51. The lowest BCUT2D eigenvalue weighted by Gasteiger charge is -2.38. The van der Waals surface area contributed by atoms with Gasteiger partial charge in [0.05, 0.1) is 5.41 Å². The summed E-state index contributed by atoms with van der Waals surface area (Å²) >= 11 is 0. The first-order chi connectivity index (χ1) is 12.0. The maximum absolute atomic E-state index is 12.2. The van der Waals surface area contributed by atoms with E-state index in [-0.39, 0.29) is 5.91 Å². The molecule has 1 aliphatic heterocycles. The molecule has 2 N–H and O–H groups in total. The van der Waals surface area contributed by atoms with Crippen molar-refractivity contribution >= 4 is 17.6 Å². The Morgan fingerprint density at radius 1 is 1.28 bits per heavy atom. The van der Waals surface area contributed by atoms with Crippen LogP contribution in [0, 0.1) is 12.3 Å². The molecule has 1 aromatic carbocycles. The molecule has 6 nitrogen and oxygen atoms in total. The average molecular weight is 339 g/mol. The molecule has 1 amide bonds. The molecular formula is C19H21N3O3. The van der Waals surface area contributed by atoms with E-state index in [0.717, 1.165) is 12.0 Å². The van der Waals surface area contributed by atoms with Crippen molar-refractivity contribution in [3.63, 3.8) is 0 Å². The minimum absolute atomic E-state index is 0.132. The Morgan fingerprint density at radius 2 is 2.04 bits per heavy atom. The molecular weight excluding hydrogens is 318 g/mol. The molecule has 0 saturated heterocycles. The molecule has 1 aromatic rings. The quantitative estimate of drug-likeness (QED) is 0.710. The fourth-order valence-electron chi connectivity index (χ4n) is 3.26. The first kappa shape index (κ1) is 17.2. The molecule has 1 heterocycles. The number of aliphatic carboxylic acids is 1. The van der Waals surface area contributed by atoms with Crippen LogP contribution in [0.4, 0.5) is 5.69 Å². The summed E-state index contributed by atoms with van der Waals surface area (Å²) in [6.07, 6.45) is 9.55. The lowest BCUT2D eigenvalue weighted by molar-refractivity contribution is -0.147. The number of nitrogens with one attached hydrogen (secondary N) is 1. The van der Waals surface area contributed by atoms with Crippen LogP contribution < -0.4 is 5.32 Å². The largest absolute Gasteiger partial charge is 0.481 e. The Morgan fingerprint density at radius 3 is 2.60 bits per heavy atom. The molecule has 1 saturated carbocycles. The highest BCUT2D eigenvalue weighted by Crippen LogP contribution is 2.44. The molecule has 0 unspecified atom stereocenters. The van der Waals surface area contributed by atoms with Crippen molar-refractivity contribution in [3.05, 3.63) is 29.8 Å². The lowest BCUT2D eigenvalue weighted by Crippen LogP contribution is -2.42. The van der Waals surface area contributed by atoms with Crippen molar-refractivity contribution in [1.82, 2.24) is 0 Å². The average Bonchev–Trinajstić information content (AvgIpc) is 3.30. The molecule has 0 bridgehead atoms. The molecule has 3 rings (SSSR count). The van der Waals surface area contributed by atoms with E-state index >= 15 is 0 Å². The summed E-state index contributed by atoms with van der Waals surface area (Å²) in [7, 11) is 0. The second-order valence-corrected chi connectivity index (χ2v) is 6.76. The van der Waals surface area contributed by atoms with E-state index in [1.54, 1.807) is 18.2 Å². The zero-order valence-electron chi connectivity index (χ0n) is 14.0. The van der Waals surface area contributed by atoms with Gasteiger partial charge in [0.2, 0.25) is 5.91 Å². The molecule has 0 atom stereocenters. The van der Waals surface area contributed by atoms with Crippen molar-refractivity contribution < 1.29 is 14.7 Å². The second-order valence-electron chi connectivity index (χ2n) is 6.76. The molecule has 6 heteroatoms. The summed E-state index contributed by atoms with van der Waals surface area (Å²) in [6.45, 7) is 0. The van der Waals surface area contributed by atoms with Crippen LogP contribution in [0.2, 0.25) is 0 Å². The predicted molar refractivity (Wildman–Crippen MR) is 93.1 cm³/mol. The van der Waals surface area contributed by atoms with Crippen LogP contribution >= 0.6 is 0 Å². The van der Waals surface area contributed by atoms with Crippen LogP contribution in [0.5, 0.6) is 0 Å². The number of hydrogen-bond donors (Lipinski definition) is 2. The number of rotatable bonds is 8. The van der Waals surface area contributed by atoms with Gasteiger partial charge in [0.25, 0.3) is 0 Å². The smallest absolute Gasteiger partial charge is 0.314 e. The Kier molecular flexibility index (Phi) is 4.58. The van der Waals surface area contributed by atoms with E-state index in [1.165, 1.54) is 0 Å². The van der Waals surface area contributed by atoms with Crippen molar-refractivity contribution in [2.75, 3.05) is 5.32 Å². The highest BCUT2D eigenvalue weighted by atomic mass is 16.4. The third-order valence-corrected chi connectivity index (χ3v) is 5.12. The third-order valence-electron chi connectivity index (χ3n) is 5.12. The van der Waals surface area contributed by atoms with Crippen molar-refractivity contribution in [2.24, 2.45) is 10.2 Å². The molecule has 0 spiro atoms. The van der Waals surface area contributed by atoms with E-state index in [2.05, 4.69) is 21.5 Å². The van der Waals surface area contributed by atoms with Crippen molar-refractivity contribution in [1.29, 1.82) is 0 Å². The van der Waals surface area contributed by atoms with Crippen LogP contribution in [-0.2, 0) is 15.0 Å². The molecule has 2 aliphatic rings. The van der Waals surface area contributed by atoms with Crippen molar-refractivity contribution in [3.8, 4) is 12.3 Å². The van der Waals surface area contributed by atoms with Crippen LogP contribution in [0.1, 0.15) is 50.5 Å². The zero-order chi connectivity index (χ0) is 17.9. The van der Waals surface area contributed by atoms with E-state index in [1.807, 2.05) is 6.07 Å². The maximum atomic E-state index is 12.2. The zero-order valence-corrected chi connectivity index (χ0v) is 14.0. The topological polar surface area (TPSA) is 91.1 Å².